The number of furan rings is 1. The number of aliphatic hydroxyl groups is 1. The van der Waals surface area contributed by atoms with Crippen LogP contribution in [0.25, 0.3) is 33.0 Å². The number of aliphatic hydroxyl groups excluding tert-OH is 1. The van der Waals surface area contributed by atoms with Crippen LogP contribution < -0.4 is 14.2 Å². The molecule has 1 N–H and O–H groups in total. The zero-order valence-electron chi connectivity index (χ0n) is 19.6. The number of fused-ring (bicyclic) bond motifs is 2. The maximum absolute atomic E-state index is 9.30. The number of thiazole rings is 1. The molecule has 4 aromatic heterocycles. The molecule has 36 heavy (non-hydrogen) atoms. The lowest BCUT2D eigenvalue weighted by atomic mass is 9.99. The molecule has 0 bridgehead atoms. The summed E-state index contributed by atoms with van der Waals surface area (Å²) in [4.78, 5) is 10.1. The fourth-order valence-corrected chi connectivity index (χ4v) is 5.55. The highest BCUT2D eigenvalue weighted by atomic mass is 32.1. The summed E-state index contributed by atoms with van der Waals surface area (Å²) >= 11 is 2.96. The van der Waals surface area contributed by atoms with Gasteiger partial charge in [0.1, 0.15) is 34.4 Å². The Morgan fingerprint density at radius 2 is 2.03 bits per heavy atom. The lowest BCUT2D eigenvalue weighted by Crippen LogP contribution is -1.99. The van der Waals surface area contributed by atoms with Crippen LogP contribution in [0.3, 0.4) is 0 Å². The van der Waals surface area contributed by atoms with Crippen molar-refractivity contribution in [3.8, 4) is 28.1 Å². The minimum absolute atomic E-state index is 0.107. The van der Waals surface area contributed by atoms with Crippen LogP contribution in [0.1, 0.15) is 23.5 Å². The van der Waals surface area contributed by atoms with Gasteiger partial charge in [-0.3, -0.25) is 0 Å². The first kappa shape index (κ1) is 22.8. The molecule has 4 heterocycles. The summed E-state index contributed by atoms with van der Waals surface area (Å²) < 4.78 is 24.6. The van der Waals surface area contributed by atoms with E-state index in [0.717, 1.165) is 34.5 Å². The molecule has 184 valence electrons. The van der Waals surface area contributed by atoms with Gasteiger partial charge in [-0.2, -0.15) is 0 Å². The fraction of sp³-hybridized carbons (Fsp3) is 0.240. The maximum Gasteiger partial charge on any atom is 0.294 e. The first-order chi connectivity index (χ1) is 17.6. The molecule has 0 aliphatic heterocycles. The van der Waals surface area contributed by atoms with E-state index in [9.17, 15) is 5.11 Å². The first-order valence-electron chi connectivity index (χ1n) is 11.2. The minimum atomic E-state index is 0.107. The third kappa shape index (κ3) is 4.25. The molecule has 1 aliphatic rings. The number of allylic oxidation sites excluding steroid dienone is 3. The van der Waals surface area contributed by atoms with Crippen LogP contribution in [0.4, 0.5) is 0 Å². The molecule has 6 rings (SSSR count). The van der Waals surface area contributed by atoms with Crippen molar-refractivity contribution in [1.82, 2.24) is 19.6 Å². The second kappa shape index (κ2) is 9.41. The van der Waals surface area contributed by atoms with Gasteiger partial charge in [0.2, 0.25) is 4.96 Å². The van der Waals surface area contributed by atoms with Gasteiger partial charge in [0.05, 0.1) is 38.1 Å². The van der Waals surface area contributed by atoms with Crippen LogP contribution >= 0.6 is 22.7 Å². The smallest absolute Gasteiger partial charge is 0.294 e. The van der Waals surface area contributed by atoms with Gasteiger partial charge < -0.3 is 23.7 Å². The number of ether oxygens (including phenoxy) is 3. The second-order valence-corrected chi connectivity index (χ2v) is 9.96. The largest absolute Gasteiger partial charge is 0.496 e. The summed E-state index contributed by atoms with van der Waals surface area (Å²) in [7, 11) is 3.19. The van der Waals surface area contributed by atoms with Crippen LogP contribution in [-0.4, -0.2) is 45.5 Å². The van der Waals surface area contributed by atoms with E-state index in [-0.39, 0.29) is 6.61 Å². The predicted octanol–water partition coefficient (Wildman–Crippen LogP) is 5.35. The molecule has 0 unspecified atom stereocenters. The summed E-state index contributed by atoms with van der Waals surface area (Å²) in [6, 6.07) is 5.59. The van der Waals surface area contributed by atoms with E-state index < -0.39 is 0 Å². The Morgan fingerprint density at radius 1 is 1.11 bits per heavy atom. The molecule has 5 aromatic rings. The molecule has 0 saturated heterocycles. The Hall–Kier alpha value is -3.67. The molecule has 1 aromatic carbocycles. The minimum Gasteiger partial charge on any atom is -0.496 e. The van der Waals surface area contributed by atoms with E-state index in [1.165, 1.54) is 16.9 Å². The predicted molar refractivity (Wildman–Crippen MR) is 138 cm³/mol. The lowest BCUT2D eigenvalue weighted by Gasteiger charge is -2.11. The van der Waals surface area contributed by atoms with Crippen LogP contribution in [0.5, 0.6) is 16.7 Å². The van der Waals surface area contributed by atoms with Crippen LogP contribution in [0.15, 0.2) is 51.9 Å². The highest BCUT2D eigenvalue weighted by Crippen LogP contribution is 2.38. The SMILES string of the molecule is COc1cc(OCc2csc(C3=CC=C(CO)CC3)n2)c2cc(-c3cn4nc(OC)sc4n3)oc2c1. The molecule has 11 heteroatoms. The Bertz CT molecular complexity index is 1590. The Labute approximate surface area is 213 Å². The summed E-state index contributed by atoms with van der Waals surface area (Å²) in [6.45, 7) is 0.421. The van der Waals surface area contributed by atoms with E-state index in [0.29, 0.717) is 45.3 Å². The van der Waals surface area contributed by atoms with Gasteiger partial charge in [0, 0.05) is 17.5 Å². The van der Waals surface area contributed by atoms with E-state index in [1.54, 1.807) is 36.3 Å². The highest BCUT2D eigenvalue weighted by molar-refractivity contribution is 7.18. The molecule has 0 fully saturated rings. The van der Waals surface area contributed by atoms with E-state index >= 15 is 0 Å². The standard InChI is InChI=1S/C25H22N4O5S2/c1-31-17-7-20(33-12-16-13-35-23(26-16)15-5-3-14(11-30)4-6-15)18-9-22(34-21(18)8-17)19-10-29-24(27-19)36-25(28-29)32-2/h3,5,7-10,13,30H,4,6,11-12H2,1-2H3. The monoisotopic (exact) mass is 522 g/mol. The number of benzene rings is 1. The third-order valence-electron chi connectivity index (χ3n) is 5.90. The van der Waals surface area contributed by atoms with Crippen molar-refractivity contribution < 1.29 is 23.7 Å². The van der Waals surface area contributed by atoms with Crippen molar-refractivity contribution in [3.05, 3.63) is 58.2 Å². The van der Waals surface area contributed by atoms with E-state index in [4.69, 9.17) is 23.6 Å². The van der Waals surface area contributed by atoms with Gasteiger partial charge in [0.15, 0.2) is 5.76 Å². The first-order valence-corrected chi connectivity index (χ1v) is 12.9. The number of methoxy groups -OCH3 is 2. The van der Waals surface area contributed by atoms with Gasteiger partial charge >= 0.3 is 0 Å². The number of hydrogen-bond donors (Lipinski definition) is 1. The molecule has 0 spiro atoms. The van der Waals surface area contributed by atoms with Crippen molar-refractivity contribution in [1.29, 1.82) is 0 Å². The third-order valence-corrected chi connectivity index (χ3v) is 7.75. The van der Waals surface area contributed by atoms with Crippen LogP contribution in [-0.2, 0) is 6.61 Å². The zero-order valence-corrected chi connectivity index (χ0v) is 21.2. The quantitative estimate of drug-likeness (QED) is 0.291. The Morgan fingerprint density at radius 3 is 2.78 bits per heavy atom. The average Bonchev–Trinajstić information content (AvgIpc) is 3.69. The topological polar surface area (TPSA) is 104 Å². The second-order valence-electron chi connectivity index (χ2n) is 8.18. The van der Waals surface area contributed by atoms with Crippen molar-refractivity contribution in [2.75, 3.05) is 20.8 Å². The molecule has 0 amide bonds. The summed E-state index contributed by atoms with van der Waals surface area (Å²) in [5, 5.41) is 18.0. The molecule has 1 aliphatic carbocycles. The molecular weight excluding hydrogens is 500 g/mol. The van der Waals surface area contributed by atoms with Gasteiger partial charge in [-0.25, -0.2) is 14.5 Å². The van der Waals surface area contributed by atoms with Gasteiger partial charge in [-0.05, 0) is 41.4 Å². The maximum atomic E-state index is 9.30. The van der Waals surface area contributed by atoms with E-state index in [1.807, 2.05) is 35.7 Å². The van der Waals surface area contributed by atoms with Crippen molar-refractivity contribution in [3.63, 3.8) is 0 Å². The number of nitrogens with zero attached hydrogens (tertiary/aromatic N) is 4. The number of rotatable bonds is 8. The lowest BCUT2D eigenvalue weighted by molar-refractivity contribution is 0.303. The fourth-order valence-electron chi connectivity index (χ4n) is 3.99. The summed E-state index contributed by atoms with van der Waals surface area (Å²) in [5.41, 5.74) is 4.38. The molecule has 9 nitrogen and oxygen atoms in total. The number of hydrogen-bond acceptors (Lipinski definition) is 10. The van der Waals surface area contributed by atoms with Gasteiger partial charge in [-0.1, -0.05) is 12.2 Å². The van der Waals surface area contributed by atoms with Crippen molar-refractivity contribution in [2.45, 2.75) is 19.4 Å². The van der Waals surface area contributed by atoms with Gasteiger partial charge in [-0.15, -0.1) is 16.4 Å². The Kier molecular flexibility index (Phi) is 5.96. The van der Waals surface area contributed by atoms with Crippen LogP contribution in [0.2, 0.25) is 0 Å². The average molecular weight is 523 g/mol. The van der Waals surface area contributed by atoms with Gasteiger partial charge in [0.25, 0.3) is 5.19 Å². The summed E-state index contributed by atoms with van der Waals surface area (Å²) in [5.74, 6) is 1.88. The molecular formula is C25H22N4O5S2. The number of aromatic nitrogens is 4. The van der Waals surface area contributed by atoms with Crippen molar-refractivity contribution >= 4 is 44.2 Å². The molecule has 0 radical (unpaired) electrons. The van der Waals surface area contributed by atoms with E-state index in [2.05, 4.69) is 10.1 Å². The van der Waals surface area contributed by atoms with Crippen molar-refractivity contribution in [2.24, 2.45) is 0 Å². The molecule has 0 atom stereocenters. The highest BCUT2D eigenvalue weighted by Gasteiger charge is 2.18. The number of imidazole rings is 1. The normalized spacial score (nSPS) is 13.8. The molecule has 0 saturated carbocycles. The Balaban J connectivity index is 1.26. The zero-order chi connectivity index (χ0) is 24.6. The van der Waals surface area contributed by atoms with Crippen LogP contribution in [0, 0.1) is 0 Å². The summed E-state index contributed by atoms with van der Waals surface area (Å²) in [6.07, 6.45) is 7.57.